The maximum Gasteiger partial charge on any atom is 0.182 e. The normalized spacial score (nSPS) is 12.6. The highest BCUT2D eigenvalue weighted by Crippen LogP contribution is 2.12. The Labute approximate surface area is 97.0 Å². The molecule has 0 aliphatic carbocycles. The molecule has 0 saturated carbocycles. The van der Waals surface area contributed by atoms with Crippen molar-refractivity contribution in [3.63, 3.8) is 0 Å². The Morgan fingerprint density at radius 2 is 1.81 bits per heavy atom. The number of rotatable bonds is 3. The summed E-state index contributed by atoms with van der Waals surface area (Å²) in [6.45, 7) is 8.24. The first-order chi connectivity index (χ1) is 7.43. The zero-order valence-electron chi connectivity index (χ0n) is 10.4. The van der Waals surface area contributed by atoms with Gasteiger partial charge in [0.15, 0.2) is 11.8 Å². The highest BCUT2D eigenvalue weighted by atomic mass is 16.5. The molecule has 0 spiro atoms. The largest absolute Gasteiger partial charge is 0.623 e. The van der Waals surface area contributed by atoms with Crippen molar-refractivity contribution in [2.45, 2.75) is 33.2 Å². The third-order valence-electron chi connectivity index (χ3n) is 2.12. The Balaban J connectivity index is 2.83. The smallest absolute Gasteiger partial charge is 0.182 e. The van der Waals surface area contributed by atoms with Gasteiger partial charge in [0.25, 0.3) is 0 Å². The van der Waals surface area contributed by atoms with E-state index in [1.165, 1.54) is 0 Å². The van der Waals surface area contributed by atoms with E-state index in [2.05, 4.69) is 0 Å². The van der Waals surface area contributed by atoms with E-state index in [1.54, 1.807) is 6.21 Å². The average molecular weight is 221 g/mol. The fraction of sp³-hybridized carbons (Fsp3) is 0.462. The van der Waals surface area contributed by atoms with Gasteiger partial charge in [0, 0.05) is 26.3 Å². The second-order valence-corrected chi connectivity index (χ2v) is 4.63. The molecule has 88 valence electrons. The summed E-state index contributed by atoms with van der Waals surface area (Å²) in [4.78, 5) is 0. The topological polar surface area (TPSA) is 35.3 Å². The van der Waals surface area contributed by atoms with Crippen LogP contribution >= 0.6 is 0 Å². The summed E-state index contributed by atoms with van der Waals surface area (Å²) in [5.41, 5.74) is 0.479. The second-order valence-electron chi connectivity index (χ2n) is 4.63. The molecular formula is C13H19NO2. The summed E-state index contributed by atoms with van der Waals surface area (Å²) >= 11 is 0. The van der Waals surface area contributed by atoms with Crippen molar-refractivity contribution >= 4 is 6.21 Å². The van der Waals surface area contributed by atoms with Crippen molar-refractivity contribution in [1.82, 2.24) is 0 Å². The molecule has 0 aliphatic rings. The molecule has 0 aliphatic heterocycles. The predicted octanol–water partition coefficient (Wildman–Crippen LogP) is 2.81. The van der Waals surface area contributed by atoms with Gasteiger partial charge in [0.2, 0.25) is 0 Å². The van der Waals surface area contributed by atoms with Gasteiger partial charge in [0.05, 0.1) is 6.61 Å². The molecule has 0 saturated heterocycles. The molecule has 3 heteroatoms. The predicted molar refractivity (Wildman–Crippen MR) is 66.2 cm³/mol. The number of hydrogen-bond donors (Lipinski definition) is 0. The summed E-state index contributed by atoms with van der Waals surface area (Å²) < 4.78 is 6.29. The lowest BCUT2D eigenvalue weighted by Crippen LogP contribution is -2.29. The average Bonchev–Trinajstić information content (AvgIpc) is 2.20. The van der Waals surface area contributed by atoms with E-state index in [0.29, 0.717) is 6.61 Å². The lowest BCUT2D eigenvalue weighted by atomic mass is 10.1. The first-order valence-electron chi connectivity index (χ1n) is 5.47. The summed E-state index contributed by atoms with van der Waals surface area (Å²) in [6.07, 6.45) is 1.59. The molecule has 0 bridgehead atoms. The summed E-state index contributed by atoms with van der Waals surface area (Å²) in [5, 5.41) is 11.7. The van der Waals surface area contributed by atoms with Crippen molar-refractivity contribution in [1.29, 1.82) is 0 Å². The number of hydrogen-bond acceptors (Lipinski definition) is 2. The van der Waals surface area contributed by atoms with Crippen LogP contribution in [0.1, 0.15) is 33.3 Å². The highest BCUT2D eigenvalue weighted by Gasteiger charge is 2.17. The van der Waals surface area contributed by atoms with Crippen molar-refractivity contribution in [3.8, 4) is 5.75 Å². The van der Waals surface area contributed by atoms with E-state index in [9.17, 15) is 5.21 Å². The van der Waals surface area contributed by atoms with Gasteiger partial charge < -0.3 is 9.94 Å². The quantitative estimate of drug-likeness (QED) is 0.340. The Hall–Kier alpha value is -1.51. The Kier molecular flexibility index (Phi) is 3.93. The third kappa shape index (κ3) is 3.57. The van der Waals surface area contributed by atoms with Gasteiger partial charge in [-0.25, -0.2) is 4.74 Å². The monoisotopic (exact) mass is 221 g/mol. The molecule has 0 atom stereocenters. The Morgan fingerprint density at radius 3 is 2.25 bits per heavy atom. The molecule has 1 aromatic rings. The minimum absolute atomic E-state index is 0.404. The van der Waals surface area contributed by atoms with Gasteiger partial charge >= 0.3 is 0 Å². The van der Waals surface area contributed by atoms with E-state index >= 15 is 0 Å². The SMILES string of the molecule is CCOc1ccc(/C=[N+](\[O-])C(C)(C)C)cc1. The Bertz CT molecular complexity index is 361. The van der Waals surface area contributed by atoms with Crippen LogP contribution in [-0.2, 0) is 0 Å². The number of nitrogens with zero attached hydrogens (tertiary/aromatic N) is 1. The zero-order valence-corrected chi connectivity index (χ0v) is 10.4. The van der Waals surface area contributed by atoms with Gasteiger partial charge in [-0.3, -0.25) is 0 Å². The van der Waals surface area contributed by atoms with Gasteiger partial charge in [-0.15, -0.1) is 0 Å². The van der Waals surface area contributed by atoms with E-state index in [-0.39, 0.29) is 0 Å². The molecule has 0 fully saturated rings. The molecule has 1 aromatic carbocycles. The standard InChI is InChI=1S/C13H19NO2/c1-5-16-12-8-6-11(7-9-12)10-14(15)13(2,3)4/h6-10H,5H2,1-4H3/b14-10-. The lowest BCUT2D eigenvalue weighted by Gasteiger charge is -2.18. The minimum atomic E-state index is -0.404. The molecule has 1 rings (SSSR count). The van der Waals surface area contributed by atoms with Crippen LogP contribution in [0.5, 0.6) is 5.75 Å². The molecule has 0 amide bonds. The lowest BCUT2D eigenvalue weighted by molar-refractivity contribution is -0.530. The van der Waals surface area contributed by atoms with Gasteiger partial charge in [-0.05, 0) is 31.2 Å². The molecule has 0 aromatic heterocycles. The molecule has 0 radical (unpaired) electrons. The van der Waals surface area contributed by atoms with Crippen LogP contribution in [0.3, 0.4) is 0 Å². The molecule has 0 unspecified atom stereocenters. The minimum Gasteiger partial charge on any atom is -0.623 e. The van der Waals surface area contributed by atoms with Gasteiger partial charge in [0.1, 0.15) is 5.75 Å². The van der Waals surface area contributed by atoms with E-state index in [0.717, 1.165) is 16.1 Å². The second kappa shape index (κ2) is 5.01. The highest BCUT2D eigenvalue weighted by molar-refractivity contribution is 5.76. The Morgan fingerprint density at radius 1 is 1.25 bits per heavy atom. The van der Waals surface area contributed by atoms with Crippen LogP contribution < -0.4 is 4.74 Å². The summed E-state index contributed by atoms with van der Waals surface area (Å²) in [7, 11) is 0. The molecule has 0 N–H and O–H groups in total. The van der Waals surface area contributed by atoms with Crippen LogP contribution in [-0.4, -0.2) is 23.1 Å². The van der Waals surface area contributed by atoms with E-state index < -0.39 is 5.54 Å². The first-order valence-corrected chi connectivity index (χ1v) is 5.47. The van der Waals surface area contributed by atoms with Crippen LogP contribution in [0.15, 0.2) is 24.3 Å². The maximum absolute atomic E-state index is 11.7. The third-order valence-corrected chi connectivity index (χ3v) is 2.12. The van der Waals surface area contributed by atoms with Crippen molar-refractivity contribution in [3.05, 3.63) is 35.0 Å². The zero-order chi connectivity index (χ0) is 12.2. The van der Waals surface area contributed by atoms with Gasteiger partial charge in [-0.1, -0.05) is 0 Å². The van der Waals surface area contributed by atoms with Crippen LogP contribution in [0.25, 0.3) is 0 Å². The fourth-order valence-corrected chi connectivity index (χ4v) is 1.15. The summed E-state index contributed by atoms with van der Waals surface area (Å²) in [6, 6.07) is 7.49. The number of benzene rings is 1. The van der Waals surface area contributed by atoms with Crippen molar-refractivity contribution in [2.75, 3.05) is 6.61 Å². The number of ether oxygens (including phenoxy) is 1. The molecule has 0 heterocycles. The van der Waals surface area contributed by atoms with Gasteiger partial charge in [-0.2, -0.15) is 0 Å². The first kappa shape index (κ1) is 12.6. The molecule has 3 nitrogen and oxygen atoms in total. The van der Waals surface area contributed by atoms with Crippen LogP contribution in [0.2, 0.25) is 0 Å². The van der Waals surface area contributed by atoms with Crippen LogP contribution in [0, 0.1) is 5.21 Å². The number of hydroxylamine groups is 1. The van der Waals surface area contributed by atoms with E-state index in [4.69, 9.17) is 4.74 Å². The fourth-order valence-electron chi connectivity index (χ4n) is 1.15. The van der Waals surface area contributed by atoms with E-state index in [1.807, 2.05) is 52.0 Å². The summed E-state index contributed by atoms with van der Waals surface area (Å²) in [5.74, 6) is 0.827. The van der Waals surface area contributed by atoms with Crippen LogP contribution in [0.4, 0.5) is 0 Å². The molecule has 16 heavy (non-hydrogen) atoms. The molecular weight excluding hydrogens is 202 g/mol. The maximum atomic E-state index is 11.7. The van der Waals surface area contributed by atoms with Crippen molar-refractivity contribution < 1.29 is 9.48 Å². The van der Waals surface area contributed by atoms with Crippen molar-refractivity contribution in [2.24, 2.45) is 0 Å².